The minimum absolute atomic E-state index is 0.105. The van der Waals surface area contributed by atoms with Gasteiger partial charge in [-0.3, -0.25) is 0 Å². The van der Waals surface area contributed by atoms with E-state index in [0.717, 1.165) is 17.1 Å². The van der Waals surface area contributed by atoms with Crippen LogP contribution < -0.4 is 4.90 Å². The zero-order valence-electron chi connectivity index (χ0n) is 34.2. The van der Waals surface area contributed by atoms with Crippen molar-refractivity contribution in [3.05, 3.63) is 246 Å². The van der Waals surface area contributed by atoms with Crippen molar-refractivity contribution in [3.63, 3.8) is 0 Å². The van der Waals surface area contributed by atoms with Crippen LogP contribution in [-0.4, -0.2) is 0 Å². The average molecular weight is 768 g/mol. The number of hydrogen-bond acceptors (Lipinski definition) is 1. The molecule has 1 atom stereocenters. The molecule has 0 saturated carbocycles. The zero-order valence-corrected chi connectivity index (χ0v) is 34.2. The maximum atomic E-state index is 2.52. The highest BCUT2D eigenvalue weighted by Gasteiger charge is 2.41. The van der Waals surface area contributed by atoms with Gasteiger partial charge in [0, 0.05) is 27.5 Å². The van der Waals surface area contributed by atoms with Crippen LogP contribution in [0.3, 0.4) is 0 Å². The van der Waals surface area contributed by atoms with E-state index in [1.165, 1.54) is 83.5 Å². The van der Waals surface area contributed by atoms with Gasteiger partial charge in [-0.2, -0.15) is 0 Å². The summed E-state index contributed by atoms with van der Waals surface area (Å²) in [4.78, 5) is 2.52. The van der Waals surface area contributed by atoms with E-state index in [4.69, 9.17) is 0 Å². The summed E-state index contributed by atoms with van der Waals surface area (Å²) in [7, 11) is 0. The molecule has 286 valence electrons. The van der Waals surface area contributed by atoms with Crippen molar-refractivity contribution in [2.24, 2.45) is 0 Å². The maximum absolute atomic E-state index is 2.52. The van der Waals surface area contributed by atoms with Crippen LogP contribution >= 0.6 is 0 Å². The summed E-state index contributed by atoms with van der Waals surface area (Å²) in [5.41, 5.74) is 22.2. The Balaban J connectivity index is 1.16. The van der Waals surface area contributed by atoms with Crippen molar-refractivity contribution < 1.29 is 0 Å². The van der Waals surface area contributed by atoms with Crippen molar-refractivity contribution in [2.45, 2.75) is 31.6 Å². The molecule has 0 bridgehead atoms. The summed E-state index contributed by atoms with van der Waals surface area (Å²) in [6.07, 6.45) is 0. The quantitative estimate of drug-likeness (QED) is 0.156. The molecule has 9 aromatic carbocycles. The number of nitrogens with zero attached hydrogens (tertiary/aromatic N) is 1. The smallest absolute Gasteiger partial charge is 0.0540 e. The summed E-state index contributed by atoms with van der Waals surface area (Å²) in [5, 5.41) is 0. The highest BCUT2D eigenvalue weighted by molar-refractivity contribution is 6.02. The molecule has 0 heterocycles. The molecule has 0 saturated heterocycles. The fraction of sp³-hybridized carbons (Fsp3) is 0.0847. The first kappa shape index (κ1) is 35.9. The second-order valence-corrected chi connectivity index (χ2v) is 16.9. The molecule has 1 nitrogen and oxygen atoms in total. The first-order valence-corrected chi connectivity index (χ1v) is 21.1. The number of hydrogen-bond donors (Lipinski definition) is 0. The Kier molecular flexibility index (Phi) is 8.36. The van der Waals surface area contributed by atoms with Crippen molar-refractivity contribution in [1.82, 2.24) is 0 Å². The minimum atomic E-state index is -0.256. The van der Waals surface area contributed by atoms with Crippen LogP contribution in [0.4, 0.5) is 17.1 Å². The third kappa shape index (κ3) is 5.39. The number of para-hydroxylation sites is 3. The molecule has 0 aromatic heterocycles. The maximum Gasteiger partial charge on any atom is 0.0540 e. The van der Waals surface area contributed by atoms with E-state index in [-0.39, 0.29) is 10.8 Å². The van der Waals surface area contributed by atoms with Gasteiger partial charge in [0.1, 0.15) is 0 Å². The molecule has 0 fully saturated rings. The Hall–Kier alpha value is -7.22. The molecule has 2 aliphatic carbocycles. The van der Waals surface area contributed by atoms with Crippen LogP contribution in [0.5, 0.6) is 0 Å². The molecule has 9 aromatic rings. The minimum Gasteiger partial charge on any atom is -0.309 e. The van der Waals surface area contributed by atoms with Crippen LogP contribution in [0, 0.1) is 0 Å². The molecule has 0 spiro atoms. The summed E-state index contributed by atoms with van der Waals surface area (Å²) < 4.78 is 0. The lowest BCUT2D eigenvalue weighted by Crippen LogP contribution is -2.22. The molecule has 1 heteroatoms. The van der Waals surface area contributed by atoms with Gasteiger partial charge in [-0.25, -0.2) is 0 Å². The average Bonchev–Trinajstić information content (AvgIpc) is 3.71. The van der Waals surface area contributed by atoms with Gasteiger partial charge >= 0.3 is 0 Å². The van der Waals surface area contributed by atoms with Crippen LogP contribution in [-0.2, 0) is 10.8 Å². The lowest BCUT2D eigenvalue weighted by atomic mass is 9.74. The molecule has 60 heavy (non-hydrogen) atoms. The molecule has 0 radical (unpaired) electrons. The van der Waals surface area contributed by atoms with Crippen molar-refractivity contribution in [1.29, 1.82) is 0 Å². The molecule has 11 rings (SSSR count). The first-order valence-electron chi connectivity index (χ1n) is 21.1. The van der Waals surface area contributed by atoms with E-state index >= 15 is 0 Å². The SMILES string of the molecule is CC1(C)c2ccccc2-c2c(-c3ccccc3N(c3ccccc3-c3ccccc3)c3ccccc3-c3ccc4c(c3)-c3ccccc3C4(C)c3ccccc3)cccc21. The van der Waals surface area contributed by atoms with Gasteiger partial charge in [0.25, 0.3) is 0 Å². The van der Waals surface area contributed by atoms with E-state index in [1.54, 1.807) is 0 Å². The van der Waals surface area contributed by atoms with Crippen LogP contribution in [0.1, 0.15) is 48.6 Å². The Labute approximate surface area is 353 Å². The Morgan fingerprint density at radius 2 is 0.767 bits per heavy atom. The largest absolute Gasteiger partial charge is 0.309 e. The number of benzene rings is 9. The summed E-state index contributed by atoms with van der Waals surface area (Å²) in [6, 6.07) is 80.7. The van der Waals surface area contributed by atoms with Crippen molar-refractivity contribution in [2.75, 3.05) is 4.90 Å². The van der Waals surface area contributed by atoms with E-state index < -0.39 is 0 Å². The zero-order chi connectivity index (χ0) is 40.4. The standard InChI is InChI=1S/C59H45N/c1-58(2)50-31-15-11-29-48(50)57-47(30-20-33-53(57)58)46-28-14-19-36-56(46)60(54-34-17-12-25-43(54)40-21-6-4-7-22-40)55-35-18-13-26-44(55)41-37-38-52-49(39-41)45-27-10-16-32-51(45)59(52,3)42-23-8-5-9-24-42/h4-39H,1-3H3. The van der Waals surface area contributed by atoms with Crippen LogP contribution in [0.15, 0.2) is 218 Å². The van der Waals surface area contributed by atoms with Gasteiger partial charge in [0.15, 0.2) is 0 Å². The van der Waals surface area contributed by atoms with Crippen LogP contribution in [0.2, 0.25) is 0 Å². The molecular weight excluding hydrogens is 723 g/mol. The van der Waals surface area contributed by atoms with Crippen molar-refractivity contribution >= 4 is 17.1 Å². The van der Waals surface area contributed by atoms with E-state index in [0.29, 0.717) is 0 Å². The van der Waals surface area contributed by atoms with E-state index in [9.17, 15) is 0 Å². The summed E-state index contributed by atoms with van der Waals surface area (Å²) >= 11 is 0. The lowest BCUT2D eigenvalue weighted by Gasteiger charge is -2.32. The highest BCUT2D eigenvalue weighted by atomic mass is 15.1. The predicted octanol–water partition coefficient (Wildman–Crippen LogP) is 15.8. The highest BCUT2D eigenvalue weighted by Crippen LogP contribution is 2.56. The van der Waals surface area contributed by atoms with Gasteiger partial charge < -0.3 is 4.90 Å². The topological polar surface area (TPSA) is 3.24 Å². The number of rotatable bonds is 7. The normalized spacial score (nSPS) is 15.4. The van der Waals surface area contributed by atoms with Gasteiger partial charge in [-0.1, -0.05) is 208 Å². The van der Waals surface area contributed by atoms with E-state index in [1.807, 2.05) is 0 Å². The molecule has 2 aliphatic rings. The van der Waals surface area contributed by atoms with Crippen molar-refractivity contribution in [3.8, 4) is 55.6 Å². The predicted molar refractivity (Wildman–Crippen MR) is 252 cm³/mol. The van der Waals surface area contributed by atoms with Gasteiger partial charge in [-0.15, -0.1) is 0 Å². The molecular formula is C59H45N. The van der Waals surface area contributed by atoms with Gasteiger partial charge in [-0.05, 0) is 98.0 Å². The molecule has 1 unspecified atom stereocenters. The van der Waals surface area contributed by atoms with Gasteiger partial charge in [0.05, 0.1) is 17.1 Å². The molecule has 0 aliphatic heterocycles. The lowest BCUT2D eigenvalue weighted by molar-refractivity contribution is 0.660. The Bertz CT molecular complexity index is 3080. The monoisotopic (exact) mass is 767 g/mol. The summed E-state index contributed by atoms with van der Waals surface area (Å²) in [6.45, 7) is 7.12. The number of anilines is 3. The molecule has 0 amide bonds. The Morgan fingerprint density at radius 1 is 0.300 bits per heavy atom. The third-order valence-corrected chi connectivity index (χ3v) is 13.4. The summed E-state index contributed by atoms with van der Waals surface area (Å²) in [5.74, 6) is 0. The molecule has 0 N–H and O–H groups in total. The second-order valence-electron chi connectivity index (χ2n) is 16.9. The van der Waals surface area contributed by atoms with Gasteiger partial charge in [0.2, 0.25) is 0 Å². The van der Waals surface area contributed by atoms with Crippen LogP contribution in [0.25, 0.3) is 55.6 Å². The third-order valence-electron chi connectivity index (χ3n) is 13.4. The fourth-order valence-corrected chi connectivity index (χ4v) is 10.5. The second kappa shape index (κ2) is 14.0. The van der Waals surface area contributed by atoms with E-state index in [2.05, 4.69) is 244 Å². The fourth-order valence-electron chi connectivity index (χ4n) is 10.5. The number of fused-ring (bicyclic) bond motifs is 6. The Morgan fingerprint density at radius 3 is 1.45 bits per heavy atom. The first-order chi connectivity index (χ1) is 29.4.